The largest absolute Gasteiger partial charge is 0.326 e. The Balaban J connectivity index is 2.17. The van der Waals surface area contributed by atoms with Crippen molar-refractivity contribution in [1.82, 2.24) is 9.88 Å². The molecule has 104 valence electrons. The first-order valence-corrected chi connectivity index (χ1v) is 8.33. The molecule has 2 rings (SSSR count). The molecule has 2 unspecified atom stereocenters. The van der Waals surface area contributed by atoms with Gasteiger partial charge < -0.3 is 5.73 Å². The summed E-state index contributed by atoms with van der Waals surface area (Å²) in [7, 11) is 2.09. The summed E-state index contributed by atoms with van der Waals surface area (Å²) in [6.07, 6.45) is 0.932. The Morgan fingerprint density at radius 1 is 1.47 bits per heavy atom. The van der Waals surface area contributed by atoms with Gasteiger partial charge in [0.2, 0.25) is 0 Å². The van der Waals surface area contributed by atoms with Gasteiger partial charge in [-0.3, -0.25) is 4.90 Å². The summed E-state index contributed by atoms with van der Waals surface area (Å²) in [6, 6.07) is 4.29. The minimum Gasteiger partial charge on any atom is -0.326 e. The smallest absolute Gasteiger partial charge is 0.0931 e. The van der Waals surface area contributed by atoms with Gasteiger partial charge in [-0.05, 0) is 25.6 Å². The van der Waals surface area contributed by atoms with Gasteiger partial charge in [-0.1, -0.05) is 18.5 Å². The summed E-state index contributed by atoms with van der Waals surface area (Å²) in [4.78, 5) is 7.81. The van der Waals surface area contributed by atoms with Gasteiger partial charge in [-0.2, -0.15) is 0 Å². The van der Waals surface area contributed by atoms with E-state index in [1.165, 1.54) is 4.88 Å². The van der Waals surface area contributed by atoms with Gasteiger partial charge in [0.15, 0.2) is 0 Å². The number of halogens is 1. The predicted octanol–water partition coefficient (Wildman–Crippen LogP) is 3.77. The van der Waals surface area contributed by atoms with Crippen LogP contribution in [0.15, 0.2) is 23.0 Å². The fourth-order valence-electron chi connectivity index (χ4n) is 2.14. The van der Waals surface area contributed by atoms with Crippen molar-refractivity contribution in [1.29, 1.82) is 0 Å². The van der Waals surface area contributed by atoms with Crippen molar-refractivity contribution in [3.63, 3.8) is 0 Å². The number of hydrogen-bond acceptors (Lipinski definition) is 5. The van der Waals surface area contributed by atoms with Crippen LogP contribution in [0.25, 0.3) is 0 Å². The van der Waals surface area contributed by atoms with Crippen LogP contribution in [-0.2, 0) is 6.54 Å². The zero-order chi connectivity index (χ0) is 13.8. The summed E-state index contributed by atoms with van der Waals surface area (Å²) < 4.78 is 0.811. The lowest BCUT2D eigenvalue weighted by molar-refractivity contribution is 0.203. The number of thiazole rings is 1. The minimum atomic E-state index is 0.0957. The van der Waals surface area contributed by atoms with E-state index in [9.17, 15) is 0 Å². The number of likely N-dealkylation sites (N-methyl/N-ethyl adjacent to an activating group) is 1. The van der Waals surface area contributed by atoms with Gasteiger partial charge >= 0.3 is 0 Å². The van der Waals surface area contributed by atoms with Gasteiger partial charge in [0.05, 0.1) is 21.6 Å². The van der Waals surface area contributed by atoms with E-state index < -0.39 is 0 Å². The van der Waals surface area contributed by atoms with Gasteiger partial charge in [-0.25, -0.2) is 4.98 Å². The Morgan fingerprint density at radius 3 is 2.79 bits per heavy atom. The standard InChI is InChI=1S/C13H18ClN3S2/c1-3-10(15)13(11-4-5-12(14)19-11)17(2)6-9-7-18-8-16-9/h4-5,7-8,10,13H,3,6,15H2,1-2H3. The Bertz CT molecular complexity index is 498. The number of aromatic nitrogens is 1. The number of nitrogens with two attached hydrogens (primary N) is 1. The van der Waals surface area contributed by atoms with Crippen molar-refractivity contribution in [2.24, 2.45) is 5.73 Å². The van der Waals surface area contributed by atoms with Crippen LogP contribution in [0.1, 0.15) is 30.0 Å². The topological polar surface area (TPSA) is 42.1 Å². The van der Waals surface area contributed by atoms with Gasteiger partial charge in [-0.15, -0.1) is 22.7 Å². The molecule has 0 aliphatic heterocycles. The Hall–Kier alpha value is -0.460. The molecule has 0 spiro atoms. The average molecular weight is 316 g/mol. The van der Waals surface area contributed by atoms with E-state index in [1.807, 2.05) is 11.6 Å². The first-order valence-electron chi connectivity index (χ1n) is 6.20. The highest BCUT2D eigenvalue weighted by atomic mass is 35.5. The number of rotatable bonds is 6. The number of hydrogen-bond donors (Lipinski definition) is 1. The summed E-state index contributed by atoms with van der Waals surface area (Å²) in [5.41, 5.74) is 9.24. The van der Waals surface area contributed by atoms with E-state index in [2.05, 4.69) is 35.3 Å². The zero-order valence-electron chi connectivity index (χ0n) is 11.0. The second-order valence-corrected chi connectivity index (χ2v) is 7.02. The summed E-state index contributed by atoms with van der Waals surface area (Å²) in [5.74, 6) is 0. The molecule has 0 aliphatic rings. The molecule has 0 fully saturated rings. The molecule has 6 heteroatoms. The molecule has 2 heterocycles. The molecule has 0 aliphatic carbocycles. The molecule has 2 atom stereocenters. The number of thiophene rings is 1. The molecule has 0 saturated heterocycles. The van der Waals surface area contributed by atoms with Crippen LogP contribution in [0, 0.1) is 0 Å². The van der Waals surface area contributed by atoms with E-state index in [0.29, 0.717) is 0 Å². The van der Waals surface area contributed by atoms with Crippen molar-refractivity contribution >= 4 is 34.3 Å². The van der Waals surface area contributed by atoms with E-state index >= 15 is 0 Å². The molecular weight excluding hydrogens is 298 g/mol. The molecule has 0 aromatic carbocycles. The van der Waals surface area contributed by atoms with E-state index in [4.69, 9.17) is 17.3 Å². The predicted molar refractivity (Wildman–Crippen MR) is 83.9 cm³/mol. The van der Waals surface area contributed by atoms with E-state index in [1.54, 1.807) is 22.7 Å². The lowest BCUT2D eigenvalue weighted by atomic mass is 10.0. The first kappa shape index (κ1) is 14.9. The van der Waals surface area contributed by atoms with Gasteiger partial charge in [0.1, 0.15) is 0 Å². The lowest BCUT2D eigenvalue weighted by Crippen LogP contribution is -2.38. The maximum Gasteiger partial charge on any atom is 0.0931 e. The van der Waals surface area contributed by atoms with Gasteiger partial charge in [0, 0.05) is 22.8 Å². The molecule has 2 N–H and O–H groups in total. The van der Waals surface area contributed by atoms with E-state index in [0.717, 1.165) is 23.0 Å². The quantitative estimate of drug-likeness (QED) is 0.882. The summed E-state index contributed by atoms with van der Waals surface area (Å²) in [5, 5.41) is 2.08. The molecule has 0 saturated carbocycles. The second-order valence-electron chi connectivity index (χ2n) is 4.55. The minimum absolute atomic E-state index is 0.0957. The maximum atomic E-state index is 6.29. The van der Waals surface area contributed by atoms with Crippen LogP contribution in [0.2, 0.25) is 4.34 Å². The average Bonchev–Trinajstić information content (AvgIpc) is 3.01. The lowest BCUT2D eigenvalue weighted by Gasteiger charge is -2.31. The van der Waals surface area contributed by atoms with Crippen LogP contribution in [0.5, 0.6) is 0 Å². The molecule has 19 heavy (non-hydrogen) atoms. The molecule has 0 radical (unpaired) electrons. The third kappa shape index (κ3) is 3.77. The monoisotopic (exact) mass is 315 g/mol. The normalized spacial score (nSPS) is 14.8. The second kappa shape index (κ2) is 6.81. The van der Waals surface area contributed by atoms with Crippen molar-refractivity contribution in [3.8, 4) is 0 Å². The highest BCUT2D eigenvalue weighted by Crippen LogP contribution is 2.33. The van der Waals surface area contributed by atoms with Crippen molar-refractivity contribution in [3.05, 3.63) is 37.9 Å². The molecule has 3 nitrogen and oxygen atoms in total. The number of nitrogens with zero attached hydrogens (tertiary/aromatic N) is 2. The molecular formula is C13H18ClN3S2. The molecule has 0 amide bonds. The zero-order valence-corrected chi connectivity index (χ0v) is 13.4. The molecule has 0 bridgehead atoms. The maximum absolute atomic E-state index is 6.29. The van der Waals surface area contributed by atoms with Crippen molar-refractivity contribution < 1.29 is 0 Å². The van der Waals surface area contributed by atoms with Crippen LogP contribution in [-0.4, -0.2) is 23.0 Å². The fourth-order valence-corrected chi connectivity index (χ4v) is 3.99. The van der Waals surface area contributed by atoms with Crippen LogP contribution in [0.3, 0.4) is 0 Å². The highest BCUT2D eigenvalue weighted by molar-refractivity contribution is 7.16. The molecule has 2 aromatic heterocycles. The van der Waals surface area contributed by atoms with E-state index in [-0.39, 0.29) is 12.1 Å². The summed E-state index contributed by atoms with van der Waals surface area (Å²) >= 11 is 9.27. The molecule has 2 aromatic rings. The highest BCUT2D eigenvalue weighted by Gasteiger charge is 2.25. The fraction of sp³-hybridized carbons (Fsp3) is 0.462. The SMILES string of the molecule is CCC(N)C(c1ccc(Cl)s1)N(C)Cc1cscn1. The van der Waals surface area contributed by atoms with Crippen LogP contribution < -0.4 is 5.73 Å². The Kier molecular flexibility index (Phi) is 5.36. The van der Waals surface area contributed by atoms with Crippen molar-refractivity contribution in [2.45, 2.75) is 32.0 Å². The first-order chi connectivity index (χ1) is 9.11. The van der Waals surface area contributed by atoms with Crippen LogP contribution >= 0.6 is 34.3 Å². The Morgan fingerprint density at radius 2 is 2.26 bits per heavy atom. The van der Waals surface area contributed by atoms with Crippen LogP contribution in [0.4, 0.5) is 0 Å². The Labute approximate surface area is 127 Å². The summed E-state index contributed by atoms with van der Waals surface area (Å²) in [6.45, 7) is 2.92. The van der Waals surface area contributed by atoms with Gasteiger partial charge in [0.25, 0.3) is 0 Å². The third-order valence-corrected chi connectivity index (χ3v) is 5.07. The van der Waals surface area contributed by atoms with Crippen molar-refractivity contribution in [2.75, 3.05) is 7.05 Å². The third-order valence-electron chi connectivity index (χ3n) is 3.13.